The van der Waals surface area contributed by atoms with Crippen LogP contribution in [0.4, 0.5) is 5.95 Å². The van der Waals surface area contributed by atoms with E-state index in [0.717, 1.165) is 35.0 Å². The van der Waals surface area contributed by atoms with Gasteiger partial charge in [0.1, 0.15) is 5.65 Å². The van der Waals surface area contributed by atoms with Crippen LogP contribution in [0.25, 0.3) is 33.1 Å². The van der Waals surface area contributed by atoms with Gasteiger partial charge in [-0.15, -0.1) is 0 Å². The molecule has 5 rings (SSSR count). The molecule has 1 atom stereocenters. The molecule has 0 amide bonds. The summed E-state index contributed by atoms with van der Waals surface area (Å²) < 4.78 is 3.32. The van der Waals surface area contributed by atoms with Crippen molar-refractivity contribution in [1.29, 1.82) is 0 Å². The minimum atomic E-state index is -0.278. The van der Waals surface area contributed by atoms with E-state index in [9.17, 15) is 4.79 Å². The van der Waals surface area contributed by atoms with Gasteiger partial charge in [-0.25, -0.2) is 0 Å². The van der Waals surface area contributed by atoms with Gasteiger partial charge >= 0.3 is 0 Å². The molecule has 3 N–H and O–H groups in total. The van der Waals surface area contributed by atoms with Crippen molar-refractivity contribution in [2.24, 2.45) is 19.8 Å². The van der Waals surface area contributed by atoms with Gasteiger partial charge in [-0.2, -0.15) is 10.1 Å². The van der Waals surface area contributed by atoms with Gasteiger partial charge in [-0.3, -0.25) is 14.0 Å². The lowest BCUT2D eigenvalue weighted by Gasteiger charge is -2.22. The van der Waals surface area contributed by atoms with Crippen LogP contribution in [-0.4, -0.2) is 42.9 Å². The van der Waals surface area contributed by atoms with E-state index in [1.165, 1.54) is 0 Å². The second-order valence-corrected chi connectivity index (χ2v) is 8.57. The summed E-state index contributed by atoms with van der Waals surface area (Å²) in [6.45, 7) is 3.46. The SMILES string of the molecule is Cn1cc2c(Cl)c(-c3c[nH]c4nc(N5CC[C@](C)(N)C5)n(C)c(=O)c34)ccc2n1. The first-order chi connectivity index (χ1) is 13.7. The fourth-order valence-corrected chi connectivity index (χ4v) is 4.50. The van der Waals surface area contributed by atoms with E-state index < -0.39 is 0 Å². The molecular formula is C20H22ClN7O. The Morgan fingerprint density at radius 1 is 1.28 bits per heavy atom. The summed E-state index contributed by atoms with van der Waals surface area (Å²) in [6.07, 6.45) is 4.53. The summed E-state index contributed by atoms with van der Waals surface area (Å²) >= 11 is 6.69. The van der Waals surface area contributed by atoms with Crippen LogP contribution in [0, 0.1) is 0 Å². The van der Waals surface area contributed by atoms with Gasteiger partial charge in [0.15, 0.2) is 0 Å². The summed E-state index contributed by atoms with van der Waals surface area (Å²) in [5.74, 6) is 0.624. The van der Waals surface area contributed by atoms with Crippen molar-refractivity contribution in [3.8, 4) is 11.1 Å². The largest absolute Gasteiger partial charge is 0.345 e. The average molecular weight is 412 g/mol. The first-order valence-corrected chi connectivity index (χ1v) is 9.87. The molecule has 1 fully saturated rings. The molecule has 0 spiro atoms. The highest BCUT2D eigenvalue weighted by atomic mass is 35.5. The number of benzene rings is 1. The first-order valence-electron chi connectivity index (χ1n) is 9.49. The summed E-state index contributed by atoms with van der Waals surface area (Å²) in [5.41, 5.74) is 8.75. The number of halogens is 1. The van der Waals surface area contributed by atoms with Crippen molar-refractivity contribution in [1.82, 2.24) is 24.3 Å². The Kier molecular flexibility index (Phi) is 3.81. The third kappa shape index (κ3) is 2.74. The maximum absolute atomic E-state index is 13.3. The molecule has 1 aromatic carbocycles. The summed E-state index contributed by atoms with van der Waals surface area (Å²) in [4.78, 5) is 23.3. The Hall–Kier alpha value is -2.84. The number of rotatable bonds is 2. The van der Waals surface area contributed by atoms with E-state index in [-0.39, 0.29) is 11.1 Å². The molecule has 150 valence electrons. The van der Waals surface area contributed by atoms with Crippen molar-refractivity contribution in [3.05, 3.63) is 39.9 Å². The number of nitrogens with one attached hydrogen (secondary N) is 1. The molecule has 3 aromatic heterocycles. The minimum absolute atomic E-state index is 0.116. The number of aromatic amines is 1. The lowest BCUT2D eigenvalue weighted by atomic mass is 10.0. The zero-order valence-corrected chi connectivity index (χ0v) is 17.3. The van der Waals surface area contributed by atoms with Crippen LogP contribution in [0.2, 0.25) is 5.02 Å². The second-order valence-electron chi connectivity index (χ2n) is 8.19. The topological polar surface area (TPSA) is 97.8 Å². The molecule has 0 saturated carbocycles. The van der Waals surface area contributed by atoms with Crippen LogP contribution in [0.1, 0.15) is 13.3 Å². The molecule has 4 aromatic rings. The van der Waals surface area contributed by atoms with Gasteiger partial charge < -0.3 is 15.6 Å². The Balaban J connectivity index is 1.69. The Bertz CT molecular complexity index is 1330. The molecule has 1 saturated heterocycles. The maximum atomic E-state index is 13.3. The zero-order valence-electron chi connectivity index (χ0n) is 16.5. The number of anilines is 1. The van der Waals surface area contributed by atoms with E-state index in [2.05, 4.69) is 15.0 Å². The smallest absolute Gasteiger partial charge is 0.264 e. The van der Waals surface area contributed by atoms with Gasteiger partial charge in [-0.1, -0.05) is 17.7 Å². The normalized spacial score (nSPS) is 19.7. The number of hydrogen-bond donors (Lipinski definition) is 2. The van der Waals surface area contributed by atoms with Crippen molar-refractivity contribution in [2.75, 3.05) is 18.0 Å². The van der Waals surface area contributed by atoms with Crippen molar-refractivity contribution in [3.63, 3.8) is 0 Å². The molecule has 8 nitrogen and oxygen atoms in total. The summed E-state index contributed by atoms with van der Waals surface area (Å²) in [6, 6.07) is 3.81. The summed E-state index contributed by atoms with van der Waals surface area (Å²) in [7, 11) is 3.60. The molecule has 4 heterocycles. The quantitative estimate of drug-likeness (QED) is 0.527. The van der Waals surface area contributed by atoms with Crippen molar-refractivity contribution >= 4 is 39.5 Å². The van der Waals surface area contributed by atoms with E-state index >= 15 is 0 Å². The highest BCUT2D eigenvalue weighted by molar-refractivity contribution is 6.38. The van der Waals surface area contributed by atoms with Crippen LogP contribution in [0.15, 0.2) is 29.3 Å². The van der Waals surface area contributed by atoms with Crippen LogP contribution < -0.4 is 16.2 Å². The Morgan fingerprint density at radius 2 is 2.07 bits per heavy atom. The van der Waals surface area contributed by atoms with Gasteiger partial charge in [0.25, 0.3) is 5.56 Å². The molecule has 1 aliphatic rings. The highest BCUT2D eigenvalue weighted by Crippen LogP contribution is 2.36. The molecule has 0 bridgehead atoms. The van der Waals surface area contributed by atoms with Crippen LogP contribution in [-0.2, 0) is 14.1 Å². The van der Waals surface area contributed by atoms with Gasteiger partial charge in [0, 0.05) is 61.6 Å². The Labute approximate surface area is 171 Å². The number of hydrogen-bond acceptors (Lipinski definition) is 5. The fraction of sp³-hybridized carbons (Fsp3) is 0.350. The fourth-order valence-electron chi connectivity index (χ4n) is 4.19. The van der Waals surface area contributed by atoms with Crippen LogP contribution in [0.3, 0.4) is 0 Å². The average Bonchev–Trinajstić information content (AvgIpc) is 3.35. The van der Waals surface area contributed by atoms with Gasteiger partial charge in [0.05, 0.1) is 15.9 Å². The van der Waals surface area contributed by atoms with Gasteiger partial charge in [-0.05, 0) is 19.4 Å². The molecule has 29 heavy (non-hydrogen) atoms. The van der Waals surface area contributed by atoms with Crippen molar-refractivity contribution < 1.29 is 0 Å². The third-order valence-corrected chi connectivity index (χ3v) is 6.11. The minimum Gasteiger partial charge on any atom is -0.345 e. The first kappa shape index (κ1) is 18.2. The zero-order chi connectivity index (χ0) is 20.5. The molecule has 9 heteroatoms. The summed E-state index contributed by atoms with van der Waals surface area (Å²) in [5, 5.41) is 6.33. The number of fused-ring (bicyclic) bond motifs is 2. The number of nitrogens with two attached hydrogens (primary N) is 1. The Morgan fingerprint density at radius 3 is 2.79 bits per heavy atom. The molecule has 0 radical (unpaired) electrons. The number of H-pyrrole nitrogens is 1. The second kappa shape index (κ2) is 6.08. The number of nitrogens with zero attached hydrogens (tertiary/aromatic N) is 5. The lowest BCUT2D eigenvalue weighted by Crippen LogP contribution is -2.40. The van der Waals surface area contributed by atoms with Crippen LogP contribution >= 0.6 is 11.6 Å². The lowest BCUT2D eigenvalue weighted by molar-refractivity contribution is 0.523. The van der Waals surface area contributed by atoms with E-state index in [1.54, 1.807) is 22.5 Å². The molecular weight excluding hydrogens is 390 g/mol. The predicted octanol–water partition coefficient (Wildman–Crippen LogP) is 2.40. The monoisotopic (exact) mass is 411 g/mol. The van der Waals surface area contributed by atoms with Crippen molar-refractivity contribution in [2.45, 2.75) is 18.9 Å². The number of aryl methyl sites for hydroxylation is 1. The predicted molar refractivity (Wildman–Crippen MR) is 115 cm³/mol. The third-order valence-electron chi connectivity index (χ3n) is 5.71. The molecule has 0 aliphatic carbocycles. The highest BCUT2D eigenvalue weighted by Gasteiger charge is 2.32. The standard InChI is InChI=1S/C20H22ClN7O/c1-20(22)6-7-28(10-20)19-24-17-15(18(29)27(19)3)12(8-23-17)11-4-5-14-13(16(11)21)9-26(2)25-14/h4-5,8-9,23H,6-7,10,22H2,1-3H3/t20-/m0/s1. The number of aromatic nitrogens is 5. The molecule has 1 aliphatic heterocycles. The van der Waals surface area contributed by atoms with Crippen LogP contribution in [0.5, 0.6) is 0 Å². The van der Waals surface area contributed by atoms with E-state index in [1.807, 2.05) is 32.3 Å². The van der Waals surface area contributed by atoms with E-state index in [4.69, 9.17) is 22.3 Å². The van der Waals surface area contributed by atoms with Gasteiger partial charge in [0.2, 0.25) is 5.95 Å². The van der Waals surface area contributed by atoms with E-state index in [0.29, 0.717) is 28.5 Å². The molecule has 0 unspecified atom stereocenters. The maximum Gasteiger partial charge on any atom is 0.264 e.